The number of carbonyl (C=O) groups excluding carboxylic acids is 3. The van der Waals surface area contributed by atoms with E-state index < -0.39 is 23.8 Å². The molecule has 0 bridgehead atoms. The van der Waals surface area contributed by atoms with Crippen molar-refractivity contribution in [1.29, 1.82) is 0 Å². The summed E-state index contributed by atoms with van der Waals surface area (Å²) in [4.78, 5) is 37.6. The van der Waals surface area contributed by atoms with Gasteiger partial charge in [-0.2, -0.15) is 0 Å². The molecule has 1 aromatic rings. The van der Waals surface area contributed by atoms with E-state index >= 15 is 0 Å². The number of hydrogen-bond acceptors (Lipinski definition) is 4. The van der Waals surface area contributed by atoms with Gasteiger partial charge in [-0.3, -0.25) is 14.5 Å². The second-order valence-electron chi connectivity index (χ2n) is 4.48. The van der Waals surface area contributed by atoms with Gasteiger partial charge in [-0.05, 0) is 31.6 Å². The van der Waals surface area contributed by atoms with Crippen LogP contribution in [0.4, 0.5) is 0 Å². The maximum Gasteiger partial charge on any atom is 0.333 e. The fourth-order valence-electron chi connectivity index (χ4n) is 2.21. The molecule has 1 aliphatic heterocycles. The third-order valence-electron chi connectivity index (χ3n) is 3.39. The van der Waals surface area contributed by atoms with Crippen LogP contribution >= 0.6 is 0 Å². The third-order valence-corrected chi connectivity index (χ3v) is 3.39. The Bertz CT molecular complexity index is 583. The lowest BCUT2D eigenvalue weighted by atomic mass is 10.1. The van der Waals surface area contributed by atoms with Crippen molar-refractivity contribution in [2.45, 2.75) is 19.9 Å². The van der Waals surface area contributed by atoms with Gasteiger partial charge in [0.1, 0.15) is 0 Å². The molecule has 5 nitrogen and oxygen atoms in total. The van der Waals surface area contributed by atoms with E-state index in [-0.39, 0.29) is 0 Å². The number of ether oxygens (including phenoxy) is 1. The number of nitrogens with zero attached hydrogens (tertiary/aromatic N) is 1. The average Bonchev–Trinajstić information content (AvgIpc) is 2.72. The number of hydrogen-bond donors (Lipinski definition) is 0. The smallest absolute Gasteiger partial charge is 0.333 e. The van der Waals surface area contributed by atoms with E-state index in [1.807, 2.05) is 0 Å². The van der Waals surface area contributed by atoms with E-state index in [0.29, 0.717) is 16.7 Å². The van der Waals surface area contributed by atoms with Gasteiger partial charge in [0.05, 0.1) is 18.2 Å². The first-order valence-corrected chi connectivity index (χ1v) is 6.20. The van der Waals surface area contributed by atoms with Crippen molar-refractivity contribution >= 4 is 17.8 Å². The molecule has 20 heavy (non-hydrogen) atoms. The Morgan fingerprint density at radius 3 is 2.10 bits per heavy atom. The van der Waals surface area contributed by atoms with Gasteiger partial charge in [0.2, 0.25) is 0 Å². The van der Waals surface area contributed by atoms with Crippen LogP contribution in [0.2, 0.25) is 0 Å². The zero-order chi connectivity index (χ0) is 14.9. The fourth-order valence-corrected chi connectivity index (χ4v) is 2.21. The summed E-state index contributed by atoms with van der Waals surface area (Å²) in [7, 11) is 1.23. The standard InChI is InChI=1S/C15H15NO4/c1-4-9(2)12(15(19)20-3)16-13(17)10-7-5-6-8-11(10)14(16)18/h4-8,12H,1-3H3/b9-4+/t12-/m0/s1. The summed E-state index contributed by atoms with van der Waals surface area (Å²) >= 11 is 0. The Morgan fingerprint density at radius 1 is 1.20 bits per heavy atom. The monoisotopic (exact) mass is 273 g/mol. The summed E-state index contributed by atoms with van der Waals surface area (Å²) in [5.41, 5.74) is 1.22. The predicted molar refractivity (Wildman–Crippen MR) is 72.2 cm³/mol. The van der Waals surface area contributed by atoms with Gasteiger partial charge < -0.3 is 4.74 Å². The molecule has 0 spiro atoms. The number of rotatable bonds is 3. The summed E-state index contributed by atoms with van der Waals surface area (Å²) in [6, 6.07) is 5.51. The van der Waals surface area contributed by atoms with E-state index in [1.54, 1.807) is 44.2 Å². The second kappa shape index (κ2) is 5.28. The number of benzene rings is 1. The van der Waals surface area contributed by atoms with Gasteiger partial charge in [-0.15, -0.1) is 0 Å². The number of amides is 2. The number of carbonyl (C=O) groups is 3. The minimum atomic E-state index is -1.02. The van der Waals surface area contributed by atoms with E-state index in [9.17, 15) is 14.4 Å². The highest BCUT2D eigenvalue weighted by atomic mass is 16.5. The fraction of sp³-hybridized carbons (Fsp3) is 0.267. The zero-order valence-corrected chi connectivity index (χ0v) is 11.5. The van der Waals surface area contributed by atoms with Crippen LogP contribution in [-0.2, 0) is 9.53 Å². The molecule has 0 saturated carbocycles. The quantitative estimate of drug-likeness (QED) is 0.478. The summed E-state index contributed by atoms with van der Waals surface area (Å²) in [5, 5.41) is 0. The molecule has 0 fully saturated rings. The SMILES string of the molecule is C/C=C(\C)[C@@H](C(=O)OC)N1C(=O)c2ccccc2C1=O. The molecule has 2 amide bonds. The van der Waals surface area contributed by atoms with Crippen molar-refractivity contribution in [2.24, 2.45) is 0 Å². The van der Waals surface area contributed by atoms with E-state index in [2.05, 4.69) is 0 Å². The van der Waals surface area contributed by atoms with Gasteiger partial charge in [0.25, 0.3) is 11.8 Å². The number of esters is 1. The molecule has 0 saturated heterocycles. The zero-order valence-electron chi connectivity index (χ0n) is 11.5. The van der Waals surface area contributed by atoms with E-state index in [4.69, 9.17) is 4.74 Å². The third kappa shape index (κ3) is 2.01. The normalized spacial score (nSPS) is 16.1. The molecule has 2 rings (SSSR count). The van der Waals surface area contributed by atoms with Crippen LogP contribution in [0.15, 0.2) is 35.9 Å². The lowest BCUT2D eigenvalue weighted by molar-refractivity contribution is -0.143. The molecule has 1 aliphatic rings. The Kier molecular flexibility index (Phi) is 3.70. The van der Waals surface area contributed by atoms with Crippen LogP contribution < -0.4 is 0 Å². The van der Waals surface area contributed by atoms with Gasteiger partial charge >= 0.3 is 5.97 Å². The summed E-state index contributed by atoms with van der Waals surface area (Å²) in [5.74, 6) is -1.57. The van der Waals surface area contributed by atoms with Crippen LogP contribution in [0.25, 0.3) is 0 Å². The Balaban J connectivity index is 2.50. The van der Waals surface area contributed by atoms with Crippen LogP contribution in [0.1, 0.15) is 34.6 Å². The van der Waals surface area contributed by atoms with Gasteiger partial charge in [0.15, 0.2) is 6.04 Å². The van der Waals surface area contributed by atoms with Gasteiger partial charge in [0, 0.05) is 0 Å². The lowest BCUT2D eigenvalue weighted by Gasteiger charge is -2.24. The highest BCUT2D eigenvalue weighted by Crippen LogP contribution is 2.27. The van der Waals surface area contributed by atoms with Crippen molar-refractivity contribution in [2.75, 3.05) is 7.11 Å². The first-order valence-electron chi connectivity index (χ1n) is 6.20. The Labute approximate surface area is 116 Å². The molecule has 0 unspecified atom stereocenters. The minimum absolute atomic E-state index is 0.315. The average molecular weight is 273 g/mol. The Hall–Kier alpha value is -2.43. The number of allylic oxidation sites excluding steroid dienone is 1. The molecule has 104 valence electrons. The van der Waals surface area contributed by atoms with Gasteiger partial charge in [-0.25, -0.2) is 4.79 Å². The largest absolute Gasteiger partial charge is 0.467 e. The maximum atomic E-state index is 12.4. The first-order chi connectivity index (χ1) is 9.52. The maximum absolute atomic E-state index is 12.4. The molecular weight excluding hydrogens is 258 g/mol. The summed E-state index contributed by atoms with van der Waals surface area (Å²) < 4.78 is 4.72. The molecule has 0 N–H and O–H groups in total. The number of fused-ring (bicyclic) bond motifs is 1. The topological polar surface area (TPSA) is 63.7 Å². The van der Waals surface area contributed by atoms with E-state index in [1.165, 1.54) is 7.11 Å². The van der Waals surface area contributed by atoms with Crippen LogP contribution in [-0.4, -0.2) is 35.8 Å². The second-order valence-corrected chi connectivity index (χ2v) is 4.48. The summed E-state index contributed by atoms with van der Waals surface area (Å²) in [6.45, 7) is 3.43. The summed E-state index contributed by atoms with van der Waals surface area (Å²) in [6.07, 6.45) is 1.69. The molecule has 5 heteroatoms. The predicted octanol–water partition coefficient (Wildman–Crippen LogP) is 1.79. The molecular formula is C15H15NO4. The van der Waals surface area contributed by atoms with Crippen molar-refractivity contribution in [3.63, 3.8) is 0 Å². The first kappa shape index (κ1) is 14.0. The van der Waals surface area contributed by atoms with E-state index in [0.717, 1.165) is 4.90 Å². The number of methoxy groups -OCH3 is 1. The van der Waals surface area contributed by atoms with Crippen molar-refractivity contribution < 1.29 is 19.1 Å². The van der Waals surface area contributed by atoms with Crippen molar-refractivity contribution in [3.05, 3.63) is 47.0 Å². The highest BCUT2D eigenvalue weighted by Gasteiger charge is 2.43. The van der Waals surface area contributed by atoms with Crippen LogP contribution in [0, 0.1) is 0 Å². The van der Waals surface area contributed by atoms with Crippen LogP contribution in [0.5, 0.6) is 0 Å². The van der Waals surface area contributed by atoms with Crippen LogP contribution in [0.3, 0.4) is 0 Å². The van der Waals surface area contributed by atoms with Crippen molar-refractivity contribution in [1.82, 2.24) is 4.90 Å². The molecule has 0 aliphatic carbocycles. The molecule has 0 aromatic heterocycles. The van der Waals surface area contributed by atoms with Crippen molar-refractivity contribution in [3.8, 4) is 0 Å². The molecule has 0 radical (unpaired) electrons. The molecule has 1 heterocycles. The number of imide groups is 1. The minimum Gasteiger partial charge on any atom is -0.467 e. The molecule has 1 aromatic carbocycles. The van der Waals surface area contributed by atoms with Gasteiger partial charge in [-0.1, -0.05) is 18.2 Å². The lowest BCUT2D eigenvalue weighted by Crippen LogP contribution is -2.46. The highest BCUT2D eigenvalue weighted by molar-refractivity contribution is 6.23. The molecule has 1 atom stereocenters. The Morgan fingerprint density at radius 2 is 1.70 bits per heavy atom.